The molecule has 0 saturated carbocycles. The number of ether oxygens (including phenoxy) is 1. The number of hydrogen-bond donors (Lipinski definition) is 5. The molecule has 2 aliphatic rings. The van der Waals surface area contributed by atoms with Gasteiger partial charge < -0.3 is 20.5 Å². The third kappa shape index (κ3) is 6.05. The molecule has 3 aromatic carbocycles. The van der Waals surface area contributed by atoms with Gasteiger partial charge in [0.2, 0.25) is 0 Å². The Morgan fingerprint density at radius 2 is 1.89 bits per heavy atom. The van der Waals surface area contributed by atoms with Crippen LogP contribution >= 0.6 is 21.9 Å². The van der Waals surface area contributed by atoms with E-state index in [0.717, 1.165) is 28.4 Å². The summed E-state index contributed by atoms with van der Waals surface area (Å²) >= 11 is 1.44. The topological polar surface area (TPSA) is 161 Å². The molecule has 1 atom stereocenters. The summed E-state index contributed by atoms with van der Waals surface area (Å²) in [7, 11) is -3.46. The molecule has 5 N–H and O–H groups in total. The van der Waals surface area contributed by atoms with E-state index >= 15 is 0 Å². The van der Waals surface area contributed by atoms with Crippen LogP contribution in [0.25, 0.3) is 10.6 Å². The van der Waals surface area contributed by atoms with Crippen molar-refractivity contribution in [3.63, 3.8) is 0 Å². The highest BCUT2D eigenvalue weighted by Crippen LogP contribution is 2.60. The summed E-state index contributed by atoms with van der Waals surface area (Å²) in [4.78, 5) is 44.6. The van der Waals surface area contributed by atoms with E-state index in [-0.39, 0.29) is 39.1 Å². The minimum absolute atomic E-state index is 0.143. The zero-order chi connectivity index (χ0) is 30.8. The molecule has 3 heterocycles. The standard InChI is InChI=1S/C31H30N4O7S2/c36-28(20-9-12-27-24(16-20)34-29(37)23-4-1-2-6-26(23)44(27,40)41)32-17-22-18-33-30(43-22)19-7-10-21(11-8-19)42-15-14-35-13-3-5-25(35)31(38)39/h1-2,4,6-12,16,18,25,40-41H,3,5,13-15,17H2,(H,32,36)(H,34,37)(H,38,39)/t25-/m0/s1. The summed E-state index contributed by atoms with van der Waals surface area (Å²) in [5.41, 5.74) is 1.50. The molecule has 0 radical (unpaired) electrons. The molecular formula is C31H30N4O7S2. The highest BCUT2D eigenvalue weighted by atomic mass is 32.3. The van der Waals surface area contributed by atoms with E-state index in [0.29, 0.717) is 25.3 Å². The highest BCUT2D eigenvalue weighted by Gasteiger charge is 2.32. The van der Waals surface area contributed by atoms with Crippen molar-refractivity contribution in [2.24, 2.45) is 0 Å². The van der Waals surface area contributed by atoms with Gasteiger partial charge in [-0.1, -0.05) is 12.1 Å². The average Bonchev–Trinajstić information content (AvgIpc) is 3.69. The number of likely N-dealkylation sites (tertiary alicyclic amines) is 1. The molecule has 1 fully saturated rings. The van der Waals surface area contributed by atoms with Gasteiger partial charge in [0.25, 0.3) is 11.8 Å². The molecule has 0 unspecified atom stereocenters. The molecule has 6 rings (SSSR count). The number of carboxylic acid groups (broad SMARTS) is 1. The maximum absolute atomic E-state index is 13.0. The number of benzene rings is 3. The fourth-order valence-electron chi connectivity index (χ4n) is 5.37. The zero-order valence-electron chi connectivity index (χ0n) is 23.4. The van der Waals surface area contributed by atoms with Crippen molar-refractivity contribution < 1.29 is 33.3 Å². The number of carboxylic acids is 1. The Morgan fingerprint density at radius 3 is 2.68 bits per heavy atom. The van der Waals surface area contributed by atoms with Crippen molar-refractivity contribution in [3.05, 3.63) is 88.9 Å². The fraction of sp³-hybridized carbons (Fsp3) is 0.226. The van der Waals surface area contributed by atoms with Gasteiger partial charge in [-0.05, 0) is 74.0 Å². The number of amides is 2. The molecule has 228 valence electrons. The number of nitrogens with one attached hydrogen (secondary N) is 2. The fourth-order valence-corrected chi connectivity index (χ4v) is 7.87. The van der Waals surface area contributed by atoms with Crippen molar-refractivity contribution in [1.82, 2.24) is 15.2 Å². The van der Waals surface area contributed by atoms with E-state index in [4.69, 9.17) is 4.74 Å². The first-order chi connectivity index (χ1) is 21.2. The molecule has 2 aliphatic heterocycles. The molecule has 0 bridgehead atoms. The smallest absolute Gasteiger partial charge is 0.320 e. The first kappa shape index (κ1) is 29.8. The summed E-state index contributed by atoms with van der Waals surface area (Å²) in [5.74, 6) is -0.970. The molecule has 0 spiro atoms. The van der Waals surface area contributed by atoms with Crippen LogP contribution in [0.15, 0.2) is 82.7 Å². The van der Waals surface area contributed by atoms with Gasteiger partial charge in [0.05, 0.1) is 27.6 Å². The lowest BCUT2D eigenvalue weighted by atomic mass is 10.1. The summed E-state index contributed by atoms with van der Waals surface area (Å²) in [6.45, 7) is 1.95. The number of carbonyl (C=O) groups is 3. The van der Waals surface area contributed by atoms with Gasteiger partial charge in [0.1, 0.15) is 23.4 Å². The predicted molar refractivity (Wildman–Crippen MR) is 167 cm³/mol. The molecule has 11 nitrogen and oxygen atoms in total. The SMILES string of the molecule is O=C(NCc1cnc(-c2ccc(OCCN3CCC[C@H]3C(=O)O)cc2)s1)c1ccc2c(c1)NC(=O)c1ccccc1S2(O)O. The van der Waals surface area contributed by atoms with E-state index in [2.05, 4.69) is 15.6 Å². The van der Waals surface area contributed by atoms with Gasteiger partial charge in [-0.2, -0.15) is 0 Å². The van der Waals surface area contributed by atoms with Crippen molar-refractivity contribution in [1.29, 1.82) is 0 Å². The number of aromatic nitrogens is 1. The third-order valence-corrected chi connectivity index (χ3v) is 10.6. The lowest BCUT2D eigenvalue weighted by molar-refractivity contribution is -0.142. The van der Waals surface area contributed by atoms with E-state index in [1.165, 1.54) is 41.7 Å². The normalized spacial score (nSPS) is 18.0. The van der Waals surface area contributed by atoms with Gasteiger partial charge >= 0.3 is 5.97 Å². The quantitative estimate of drug-likeness (QED) is 0.162. The van der Waals surface area contributed by atoms with E-state index in [1.54, 1.807) is 18.3 Å². The Bertz CT molecular complexity index is 1720. The van der Waals surface area contributed by atoms with Crippen LogP contribution in [0.5, 0.6) is 5.75 Å². The molecule has 13 heteroatoms. The monoisotopic (exact) mass is 634 g/mol. The van der Waals surface area contributed by atoms with Gasteiger partial charge in [-0.25, -0.2) is 4.98 Å². The lowest BCUT2D eigenvalue weighted by Crippen LogP contribution is -2.38. The third-order valence-electron chi connectivity index (χ3n) is 7.61. The van der Waals surface area contributed by atoms with Crippen LogP contribution in [0.4, 0.5) is 5.69 Å². The minimum Gasteiger partial charge on any atom is -0.492 e. The van der Waals surface area contributed by atoms with Crippen LogP contribution in [0.2, 0.25) is 0 Å². The average molecular weight is 635 g/mol. The Balaban J connectivity index is 1.05. The molecule has 0 aliphatic carbocycles. The van der Waals surface area contributed by atoms with Crippen LogP contribution < -0.4 is 15.4 Å². The largest absolute Gasteiger partial charge is 0.492 e. The van der Waals surface area contributed by atoms with Crippen LogP contribution in [0.1, 0.15) is 38.4 Å². The molecule has 44 heavy (non-hydrogen) atoms. The molecular weight excluding hydrogens is 604 g/mol. The second-order valence-corrected chi connectivity index (χ2v) is 13.5. The second kappa shape index (κ2) is 12.4. The van der Waals surface area contributed by atoms with Crippen molar-refractivity contribution in [2.45, 2.75) is 35.2 Å². The second-order valence-electron chi connectivity index (χ2n) is 10.4. The maximum atomic E-state index is 13.0. The first-order valence-electron chi connectivity index (χ1n) is 14.0. The van der Waals surface area contributed by atoms with Crippen LogP contribution in [0, 0.1) is 0 Å². The van der Waals surface area contributed by atoms with Crippen LogP contribution in [-0.2, 0) is 11.3 Å². The van der Waals surface area contributed by atoms with Gasteiger partial charge in [-0.3, -0.25) is 28.4 Å². The number of carbonyl (C=O) groups excluding carboxylic acids is 2. The van der Waals surface area contributed by atoms with E-state index < -0.39 is 28.5 Å². The maximum Gasteiger partial charge on any atom is 0.320 e. The molecule has 1 saturated heterocycles. The Hall–Kier alpha value is -4.27. The lowest BCUT2D eigenvalue weighted by Gasteiger charge is -2.33. The van der Waals surface area contributed by atoms with Gasteiger partial charge in [0.15, 0.2) is 0 Å². The van der Waals surface area contributed by atoms with Crippen molar-refractivity contribution >= 4 is 45.4 Å². The van der Waals surface area contributed by atoms with E-state index in [9.17, 15) is 28.6 Å². The minimum atomic E-state index is -3.46. The molecule has 4 aromatic rings. The van der Waals surface area contributed by atoms with E-state index in [1.807, 2.05) is 29.2 Å². The van der Waals surface area contributed by atoms with Gasteiger partial charge in [-0.15, -0.1) is 21.9 Å². The van der Waals surface area contributed by atoms with Crippen LogP contribution in [0.3, 0.4) is 0 Å². The summed E-state index contributed by atoms with van der Waals surface area (Å²) in [6, 6.07) is 17.8. The van der Waals surface area contributed by atoms with Crippen molar-refractivity contribution in [3.8, 4) is 16.3 Å². The summed E-state index contributed by atoms with van der Waals surface area (Å²) in [5, 5.41) is 15.6. The van der Waals surface area contributed by atoms with Gasteiger partial charge in [0, 0.05) is 28.7 Å². The summed E-state index contributed by atoms with van der Waals surface area (Å²) < 4.78 is 27.8. The molecule has 2 amide bonds. The Kier molecular flexibility index (Phi) is 8.38. The number of rotatable bonds is 9. The van der Waals surface area contributed by atoms with Crippen LogP contribution in [-0.4, -0.2) is 67.6 Å². The Labute approximate surface area is 258 Å². The number of thiazole rings is 1. The first-order valence-corrected chi connectivity index (χ1v) is 16.3. The molecule has 1 aromatic heterocycles. The number of anilines is 1. The highest BCUT2D eigenvalue weighted by molar-refractivity contribution is 8.24. The number of nitrogens with zero attached hydrogens (tertiary/aromatic N) is 2. The zero-order valence-corrected chi connectivity index (χ0v) is 25.1. The summed E-state index contributed by atoms with van der Waals surface area (Å²) in [6.07, 6.45) is 3.25. The Morgan fingerprint density at radius 1 is 1.09 bits per heavy atom. The number of aliphatic carboxylic acids is 1. The van der Waals surface area contributed by atoms with Crippen molar-refractivity contribution in [2.75, 3.05) is 25.0 Å². The number of fused-ring (bicyclic) bond motifs is 2. The predicted octanol–water partition coefficient (Wildman–Crippen LogP) is 5.40. The number of hydrogen-bond acceptors (Lipinski definition) is 9.